The highest BCUT2D eigenvalue weighted by atomic mass is 35.5. The standard InChI is InChI=1S/C21H32ClN3O5Si/c1-9-29-20(28)12-10-25(18-13(15(12)26)23-17(22)19(27)24-18)14(11(2)3)16(21(4,5)6)30-31(7)8/h10-11,14,16,31H,9H2,1-8H3,(H,24,27)/t14-,16?/m0/s1. The Bertz CT molecular complexity index is 1020. The van der Waals surface area contributed by atoms with Crippen molar-refractivity contribution in [3.05, 3.63) is 27.1 Å². The zero-order valence-electron chi connectivity index (χ0n) is 19.4. The second-order valence-electron chi connectivity index (χ2n) is 9.22. The van der Waals surface area contributed by atoms with Gasteiger partial charge in [-0.1, -0.05) is 46.2 Å². The van der Waals surface area contributed by atoms with Gasteiger partial charge < -0.3 is 18.8 Å². The van der Waals surface area contributed by atoms with Crippen molar-refractivity contribution >= 4 is 37.8 Å². The van der Waals surface area contributed by atoms with Crippen molar-refractivity contribution < 1.29 is 19.1 Å². The Morgan fingerprint density at radius 2 is 1.90 bits per heavy atom. The normalized spacial score (nSPS) is 14.3. The SMILES string of the molecule is CCOC(=O)c1cn([C@@H](C(C)C)C(O[SiH](C)C)C(C)(C)C)c2nc(O)c(Cl)nc2c1=O. The lowest BCUT2D eigenvalue weighted by Gasteiger charge is -2.41. The molecule has 172 valence electrons. The molecule has 10 heteroatoms. The van der Waals surface area contributed by atoms with E-state index in [1.807, 2.05) is 13.8 Å². The number of rotatable bonds is 7. The summed E-state index contributed by atoms with van der Waals surface area (Å²) < 4.78 is 13.3. The Balaban J connectivity index is 2.94. The van der Waals surface area contributed by atoms with Gasteiger partial charge in [-0.15, -0.1) is 0 Å². The zero-order valence-corrected chi connectivity index (χ0v) is 21.3. The maximum atomic E-state index is 13.0. The van der Waals surface area contributed by atoms with Crippen LogP contribution in [0.1, 0.15) is 57.9 Å². The van der Waals surface area contributed by atoms with Gasteiger partial charge in [-0.25, -0.2) is 9.78 Å². The van der Waals surface area contributed by atoms with E-state index < -0.39 is 26.3 Å². The molecule has 0 aliphatic carbocycles. The van der Waals surface area contributed by atoms with Gasteiger partial charge in [0.05, 0.1) is 18.8 Å². The van der Waals surface area contributed by atoms with E-state index in [9.17, 15) is 14.7 Å². The quantitative estimate of drug-likeness (QED) is 0.483. The van der Waals surface area contributed by atoms with E-state index in [4.69, 9.17) is 20.8 Å². The van der Waals surface area contributed by atoms with Crippen LogP contribution in [0.25, 0.3) is 11.2 Å². The minimum Gasteiger partial charge on any atom is -0.491 e. The Morgan fingerprint density at radius 1 is 1.29 bits per heavy atom. The van der Waals surface area contributed by atoms with E-state index in [1.165, 1.54) is 6.20 Å². The van der Waals surface area contributed by atoms with Gasteiger partial charge in [0.15, 0.2) is 25.4 Å². The summed E-state index contributed by atoms with van der Waals surface area (Å²) in [5.41, 5.74) is -1.03. The molecule has 2 aromatic heterocycles. The highest BCUT2D eigenvalue weighted by Crippen LogP contribution is 2.37. The maximum Gasteiger partial charge on any atom is 0.343 e. The molecule has 0 saturated heterocycles. The van der Waals surface area contributed by atoms with Crippen LogP contribution in [-0.2, 0) is 9.16 Å². The van der Waals surface area contributed by atoms with Crippen LogP contribution in [0.2, 0.25) is 18.2 Å². The number of pyridine rings is 1. The molecule has 0 saturated carbocycles. The molecule has 8 nitrogen and oxygen atoms in total. The van der Waals surface area contributed by atoms with E-state index in [2.05, 4.69) is 43.8 Å². The monoisotopic (exact) mass is 469 g/mol. The van der Waals surface area contributed by atoms with Crippen LogP contribution in [0.4, 0.5) is 0 Å². The molecule has 0 fully saturated rings. The molecule has 1 N–H and O–H groups in total. The second kappa shape index (κ2) is 9.66. The number of carbonyl (C=O) groups is 1. The van der Waals surface area contributed by atoms with Crippen molar-refractivity contribution in [3.8, 4) is 5.88 Å². The third kappa shape index (κ3) is 5.45. The Kier molecular flexibility index (Phi) is 7.88. The predicted molar refractivity (Wildman–Crippen MR) is 124 cm³/mol. The van der Waals surface area contributed by atoms with Crippen LogP contribution in [0.5, 0.6) is 5.88 Å². The molecule has 0 aromatic carbocycles. The molecule has 2 aromatic rings. The molecule has 2 rings (SSSR count). The molecule has 0 bridgehead atoms. The fourth-order valence-corrected chi connectivity index (χ4v) is 4.89. The van der Waals surface area contributed by atoms with Gasteiger partial charge in [0, 0.05) is 6.20 Å². The van der Waals surface area contributed by atoms with Crippen molar-refractivity contribution in [3.63, 3.8) is 0 Å². The summed E-state index contributed by atoms with van der Waals surface area (Å²) in [5.74, 6) is -1.19. The highest BCUT2D eigenvalue weighted by Gasteiger charge is 2.38. The van der Waals surface area contributed by atoms with Crippen LogP contribution in [0, 0.1) is 11.3 Å². The summed E-state index contributed by atoms with van der Waals surface area (Å²) in [6, 6.07) is -0.305. The van der Waals surface area contributed by atoms with Gasteiger partial charge in [-0.2, -0.15) is 4.98 Å². The largest absolute Gasteiger partial charge is 0.491 e. The van der Waals surface area contributed by atoms with Crippen molar-refractivity contribution in [1.29, 1.82) is 0 Å². The predicted octanol–water partition coefficient (Wildman–Crippen LogP) is 3.94. The van der Waals surface area contributed by atoms with Gasteiger partial charge in [0.25, 0.3) is 5.88 Å². The highest BCUT2D eigenvalue weighted by molar-refractivity contribution is 6.48. The van der Waals surface area contributed by atoms with Gasteiger partial charge >= 0.3 is 5.97 Å². The van der Waals surface area contributed by atoms with E-state index in [-0.39, 0.29) is 52.0 Å². The number of hydrogen-bond acceptors (Lipinski definition) is 7. The van der Waals surface area contributed by atoms with Crippen molar-refractivity contribution in [2.24, 2.45) is 11.3 Å². The van der Waals surface area contributed by atoms with Crippen molar-refractivity contribution in [2.45, 2.75) is 66.8 Å². The third-order valence-electron chi connectivity index (χ3n) is 4.87. The lowest BCUT2D eigenvalue weighted by Crippen LogP contribution is -2.43. The second-order valence-corrected chi connectivity index (χ2v) is 11.9. The van der Waals surface area contributed by atoms with Gasteiger partial charge in [0.2, 0.25) is 5.43 Å². The van der Waals surface area contributed by atoms with E-state index >= 15 is 0 Å². The number of hydrogen-bond donors (Lipinski definition) is 1. The average molecular weight is 470 g/mol. The molecule has 1 unspecified atom stereocenters. The van der Waals surface area contributed by atoms with Crippen molar-refractivity contribution in [1.82, 2.24) is 14.5 Å². The minimum atomic E-state index is -1.46. The van der Waals surface area contributed by atoms with Gasteiger partial charge in [-0.05, 0) is 31.4 Å². The number of esters is 1. The number of carbonyl (C=O) groups excluding carboxylic acids is 1. The van der Waals surface area contributed by atoms with E-state index in [1.54, 1.807) is 11.5 Å². The topological polar surface area (TPSA) is 104 Å². The molecule has 2 atom stereocenters. The first kappa shape index (κ1) is 25.3. The molecule has 0 aliphatic rings. The fraction of sp³-hybridized carbons (Fsp3) is 0.619. The lowest BCUT2D eigenvalue weighted by atomic mass is 9.80. The lowest BCUT2D eigenvalue weighted by molar-refractivity contribution is 0.0209. The van der Waals surface area contributed by atoms with Crippen LogP contribution >= 0.6 is 11.6 Å². The van der Waals surface area contributed by atoms with Crippen molar-refractivity contribution in [2.75, 3.05) is 6.61 Å². The van der Waals surface area contributed by atoms with Gasteiger partial charge in [0.1, 0.15) is 5.56 Å². The fourth-order valence-electron chi connectivity index (χ4n) is 3.60. The molecule has 0 radical (unpaired) electrons. The van der Waals surface area contributed by atoms with Gasteiger partial charge in [-0.3, -0.25) is 4.79 Å². The summed E-state index contributed by atoms with van der Waals surface area (Å²) in [5, 5.41) is 9.81. The zero-order chi connectivity index (χ0) is 23.7. The summed E-state index contributed by atoms with van der Waals surface area (Å²) in [4.78, 5) is 33.8. The third-order valence-corrected chi connectivity index (χ3v) is 5.96. The number of ether oxygens (including phenoxy) is 1. The molecule has 2 heterocycles. The number of aromatic nitrogens is 3. The minimum absolute atomic E-state index is 0.0392. The molecule has 31 heavy (non-hydrogen) atoms. The number of nitrogens with zero attached hydrogens (tertiary/aromatic N) is 3. The molecule has 0 spiro atoms. The smallest absolute Gasteiger partial charge is 0.343 e. The molecule has 0 amide bonds. The first-order valence-corrected chi connectivity index (χ1v) is 13.6. The molecular formula is C21H32ClN3O5Si. The summed E-state index contributed by atoms with van der Waals surface area (Å²) in [6.07, 6.45) is 1.19. The van der Waals surface area contributed by atoms with Crippen LogP contribution < -0.4 is 5.43 Å². The summed E-state index contributed by atoms with van der Waals surface area (Å²) in [7, 11) is -1.46. The summed E-state index contributed by atoms with van der Waals surface area (Å²) >= 11 is 5.94. The Labute approximate surface area is 189 Å². The number of fused-ring (bicyclic) bond motifs is 1. The molecular weight excluding hydrogens is 438 g/mol. The van der Waals surface area contributed by atoms with Crippen LogP contribution in [-0.4, -0.2) is 47.4 Å². The van der Waals surface area contributed by atoms with E-state index in [0.717, 1.165) is 0 Å². The van der Waals surface area contributed by atoms with Crippen LogP contribution in [0.15, 0.2) is 11.0 Å². The Morgan fingerprint density at radius 3 is 2.39 bits per heavy atom. The summed E-state index contributed by atoms with van der Waals surface area (Å²) in [6.45, 7) is 16.3. The number of halogens is 1. The number of aromatic hydroxyl groups is 1. The molecule has 0 aliphatic heterocycles. The van der Waals surface area contributed by atoms with E-state index in [0.29, 0.717) is 0 Å². The maximum absolute atomic E-state index is 13.0. The Hall–Kier alpha value is -1.97. The first-order chi connectivity index (χ1) is 14.3. The average Bonchev–Trinajstić information content (AvgIpc) is 2.63. The first-order valence-electron chi connectivity index (χ1n) is 10.4. The van der Waals surface area contributed by atoms with Crippen LogP contribution in [0.3, 0.4) is 0 Å².